The molecule has 0 N–H and O–H groups in total. The molecule has 0 spiro atoms. The van der Waals surface area contributed by atoms with Crippen LogP contribution in [0.4, 0.5) is 0 Å². The molecule has 0 unspecified atom stereocenters. The first-order valence-corrected chi connectivity index (χ1v) is 2.67. The molecule has 0 aromatic carbocycles. The summed E-state index contributed by atoms with van der Waals surface area (Å²) >= 11 is 0. The van der Waals surface area contributed by atoms with Crippen LogP contribution < -0.4 is 0 Å². The van der Waals surface area contributed by atoms with Crippen LogP contribution in [-0.4, -0.2) is 0 Å². The maximum Gasteiger partial charge on any atom is 1.00 e. The van der Waals surface area contributed by atoms with Crippen molar-refractivity contribution in [3.05, 3.63) is 48.6 Å². The van der Waals surface area contributed by atoms with Crippen molar-refractivity contribution in [1.29, 1.82) is 0 Å². The Kier molecular flexibility index (Phi) is 5.29. The van der Waals surface area contributed by atoms with Gasteiger partial charge in [-0.25, -0.2) is 0 Å². The third-order valence-corrected chi connectivity index (χ3v) is 0.889. The zero-order valence-electron chi connectivity index (χ0n) is 4.92. The summed E-state index contributed by atoms with van der Waals surface area (Å²) in [5, 5.41) is 0. The van der Waals surface area contributed by atoms with Crippen molar-refractivity contribution in [2.45, 2.75) is 0 Å². The molecule has 1 aliphatic carbocycles. The van der Waals surface area contributed by atoms with Crippen LogP contribution in [0.2, 0.25) is 0 Å². The molecule has 0 atom stereocenters. The van der Waals surface area contributed by atoms with E-state index in [1.807, 2.05) is 48.6 Å². The van der Waals surface area contributed by atoms with Gasteiger partial charge in [-0.05, 0) is 0 Å². The molecule has 0 amide bonds. The second kappa shape index (κ2) is 5.61. The third-order valence-electron chi connectivity index (χ3n) is 0.889. The molecule has 0 nitrogen and oxygen atoms in total. The number of rotatable bonds is 0. The van der Waals surface area contributed by atoms with Gasteiger partial charge in [0.25, 0.3) is 0 Å². The first-order chi connectivity index (χ1) is 4.00. The molecule has 0 saturated heterocycles. The summed E-state index contributed by atoms with van der Waals surface area (Å²) in [5.74, 6) is 0. The van der Waals surface area contributed by atoms with E-state index >= 15 is 0 Å². The smallest absolute Gasteiger partial charge is 0.0623 e. The summed E-state index contributed by atoms with van der Waals surface area (Å²) in [5.41, 5.74) is 0. The van der Waals surface area contributed by atoms with Gasteiger partial charge in [-0.2, -0.15) is 0 Å². The van der Waals surface area contributed by atoms with E-state index in [-0.39, 0.29) is 17.1 Å². The van der Waals surface area contributed by atoms with E-state index in [9.17, 15) is 0 Å². The molecule has 1 aliphatic rings. The first kappa shape index (κ1) is 8.48. The van der Waals surface area contributed by atoms with E-state index < -0.39 is 0 Å². The zero-order chi connectivity index (χ0) is 5.66. The Morgan fingerprint density at radius 1 is 0.333 bits per heavy atom. The summed E-state index contributed by atoms with van der Waals surface area (Å²) in [6.07, 6.45) is 16.0. The van der Waals surface area contributed by atoms with Crippen LogP contribution in [0.1, 0.15) is 0 Å². The fraction of sp³-hybridized carbons (Fsp3) is 0. The molecular weight excluding hydrogens is 160 g/mol. The topological polar surface area (TPSA) is 0 Å². The minimum Gasteiger partial charge on any atom is -0.0623 e. The fourth-order valence-corrected chi connectivity index (χ4v) is 0.513. The van der Waals surface area contributed by atoms with Gasteiger partial charge in [0, 0.05) is 0 Å². The van der Waals surface area contributed by atoms with Gasteiger partial charge in [0.05, 0.1) is 0 Å². The average Bonchev–Trinajstić information content (AvgIpc) is 1.62. The van der Waals surface area contributed by atoms with E-state index in [0.717, 1.165) is 0 Å². The Morgan fingerprint density at radius 3 is 0.556 bits per heavy atom. The van der Waals surface area contributed by atoms with E-state index in [2.05, 4.69) is 0 Å². The van der Waals surface area contributed by atoms with Crippen LogP contribution in [0.25, 0.3) is 0 Å². The van der Waals surface area contributed by atoms with Gasteiger partial charge in [-0.1, -0.05) is 48.6 Å². The molecule has 50 valence electrons. The zero-order valence-corrected chi connectivity index (χ0v) is 5.86. The number of allylic oxidation sites excluding steroid dienone is 8. The van der Waals surface area contributed by atoms with Gasteiger partial charge in [-0.3, -0.25) is 0 Å². The van der Waals surface area contributed by atoms with Crippen molar-refractivity contribution < 1.29 is 17.1 Å². The Hall–Kier alpha value is -0.521. The van der Waals surface area contributed by atoms with Crippen LogP contribution in [0.15, 0.2) is 48.6 Å². The predicted molar refractivity (Wildman–Crippen MR) is 36.6 cm³/mol. The Morgan fingerprint density at radius 2 is 0.444 bits per heavy atom. The Balaban J connectivity index is 0.000000640. The van der Waals surface area contributed by atoms with Crippen LogP contribution >= 0.6 is 0 Å². The molecule has 0 saturated carbocycles. The monoisotopic (exact) mass is 167 g/mol. The molecule has 1 heteroatoms. The van der Waals surface area contributed by atoms with Crippen molar-refractivity contribution in [2.75, 3.05) is 0 Å². The van der Waals surface area contributed by atoms with Crippen LogP contribution in [-0.2, 0) is 17.1 Å². The maximum atomic E-state index is 2.00. The number of hydrogen-bond acceptors (Lipinski definition) is 0. The fourth-order valence-electron chi connectivity index (χ4n) is 0.513. The van der Waals surface area contributed by atoms with Crippen LogP contribution in [0.5, 0.6) is 0 Å². The minimum atomic E-state index is 0. The van der Waals surface area contributed by atoms with Gasteiger partial charge in [0.2, 0.25) is 0 Å². The summed E-state index contributed by atoms with van der Waals surface area (Å²) in [4.78, 5) is 0. The second-order valence-corrected chi connectivity index (χ2v) is 1.54. The minimum absolute atomic E-state index is 0. The first-order valence-electron chi connectivity index (χ1n) is 2.67. The number of hydrogen-bond donors (Lipinski definition) is 0. The van der Waals surface area contributed by atoms with Crippen molar-refractivity contribution in [2.24, 2.45) is 0 Å². The van der Waals surface area contributed by atoms with Gasteiger partial charge >= 0.3 is 17.1 Å². The van der Waals surface area contributed by atoms with Gasteiger partial charge in [0.15, 0.2) is 0 Å². The van der Waals surface area contributed by atoms with Crippen molar-refractivity contribution >= 4 is 0 Å². The molecule has 0 heterocycles. The molecule has 0 aromatic heterocycles. The SMILES string of the molecule is C1=CC=CC=CC=C1.[Cu+]. The van der Waals surface area contributed by atoms with Crippen molar-refractivity contribution in [3.63, 3.8) is 0 Å². The van der Waals surface area contributed by atoms with Crippen LogP contribution in [0, 0.1) is 0 Å². The largest absolute Gasteiger partial charge is 1.00 e. The van der Waals surface area contributed by atoms with E-state index in [1.165, 1.54) is 0 Å². The quantitative estimate of drug-likeness (QED) is 0.486. The molecule has 0 aliphatic heterocycles. The van der Waals surface area contributed by atoms with Gasteiger partial charge in [-0.15, -0.1) is 0 Å². The third kappa shape index (κ3) is 4.01. The summed E-state index contributed by atoms with van der Waals surface area (Å²) in [7, 11) is 0. The van der Waals surface area contributed by atoms with Gasteiger partial charge < -0.3 is 0 Å². The standard InChI is InChI=1S/C8H8.Cu/c1-2-4-6-8-7-5-3-1;/h1-8H;/q;+1. The molecule has 0 bridgehead atoms. The molecule has 0 fully saturated rings. The Bertz CT molecular complexity index is 105. The van der Waals surface area contributed by atoms with Gasteiger partial charge in [0.1, 0.15) is 0 Å². The maximum absolute atomic E-state index is 2.00. The second-order valence-electron chi connectivity index (χ2n) is 1.54. The summed E-state index contributed by atoms with van der Waals surface area (Å²) < 4.78 is 0. The van der Waals surface area contributed by atoms with Crippen molar-refractivity contribution in [1.82, 2.24) is 0 Å². The van der Waals surface area contributed by atoms with E-state index in [4.69, 9.17) is 0 Å². The predicted octanol–water partition coefficient (Wildman–Crippen LogP) is 2.22. The summed E-state index contributed by atoms with van der Waals surface area (Å²) in [6.45, 7) is 0. The molecule has 0 radical (unpaired) electrons. The summed E-state index contributed by atoms with van der Waals surface area (Å²) in [6, 6.07) is 0. The molecule has 0 aromatic rings. The molecule has 1 rings (SSSR count). The molecular formula is C8H8Cu+. The van der Waals surface area contributed by atoms with E-state index in [1.54, 1.807) is 0 Å². The van der Waals surface area contributed by atoms with Crippen molar-refractivity contribution in [3.8, 4) is 0 Å². The normalized spacial score (nSPS) is 14.2. The van der Waals surface area contributed by atoms with E-state index in [0.29, 0.717) is 0 Å². The van der Waals surface area contributed by atoms with Crippen LogP contribution in [0.3, 0.4) is 0 Å². The average molecular weight is 168 g/mol. The Labute approximate surface area is 66.1 Å². The molecule has 9 heavy (non-hydrogen) atoms.